The Hall–Kier alpha value is -1.26. The van der Waals surface area contributed by atoms with Gasteiger partial charge < -0.3 is 20.6 Å². The minimum Gasteiger partial charge on any atom is -0.508 e. The molecule has 1 fully saturated rings. The lowest BCUT2D eigenvalue weighted by atomic mass is 10.0. The smallest absolute Gasteiger partial charge is 0.124 e. The molecule has 0 aromatic heterocycles. The second kappa shape index (κ2) is 5.16. The Labute approximate surface area is 107 Å². The van der Waals surface area contributed by atoms with Crippen LogP contribution in [0.3, 0.4) is 0 Å². The molecule has 0 radical (unpaired) electrons. The van der Waals surface area contributed by atoms with Crippen LogP contribution in [0.1, 0.15) is 37.8 Å². The van der Waals surface area contributed by atoms with E-state index in [9.17, 15) is 10.2 Å². The van der Waals surface area contributed by atoms with Crippen LogP contribution in [0, 0.1) is 5.41 Å². The predicted molar refractivity (Wildman–Crippen MR) is 69.6 cm³/mol. The first-order chi connectivity index (χ1) is 8.56. The maximum absolute atomic E-state index is 9.77. The van der Waals surface area contributed by atoms with E-state index in [0.717, 1.165) is 31.4 Å². The van der Waals surface area contributed by atoms with Gasteiger partial charge in [0.25, 0.3) is 0 Å². The summed E-state index contributed by atoms with van der Waals surface area (Å²) in [5.41, 5.74) is 1.04. The van der Waals surface area contributed by atoms with Gasteiger partial charge in [0.2, 0.25) is 0 Å². The molecule has 2 rings (SSSR count). The minimum absolute atomic E-state index is 0.0294. The van der Waals surface area contributed by atoms with Crippen molar-refractivity contribution < 1.29 is 15.3 Å². The van der Waals surface area contributed by atoms with E-state index in [1.165, 1.54) is 6.07 Å². The number of phenolic OH excluding ortho intramolecular Hbond substituents is 2. The van der Waals surface area contributed by atoms with Crippen molar-refractivity contribution in [3.8, 4) is 11.5 Å². The van der Waals surface area contributed by atoms with Crippen molar-refractivity contribution in [1.29, 1.82) is 0 Å². The van der Waals surface area contributed by atoms with E-state index in [-0.39, 0.29) is 29.6 Å². The van der Waals surface area contributed by atoms with Gasteiger partial charge in [-0.05, 0) is 37.7 Å². The Bertz CT molecular complexity index is 416. The summed E-state index contributed by atoms with van der Waals surface area (Å²) in [6.45, 7) is 3.08. The van der Waals surface area contributed by atoms with Gasteiger partial charge in [0, 0.05) is 30.8 Å². The maximum Gasteiger partial charge on any atom is 0.124 e. The zero-order valence-electron chi connectivity index (χ0n) is 10.7. The molecule has 0 aliphatic heterocycles. The molecular weight excluding hydrogens is 230 g/mol. The average molecular weight is 251 g/mol. The molecule has 1 unspecified atom stereocenters. The summed E-state index contributed by atoms with van der Waals surface area (Å²) >= 11 is 0. The van der Waals surface area contributed by atoms with Crippen molar-refractivity contribution in [2.45, 2.75) is 32.2 Å². The van der Waals surface area contributed by atoms with Gasteiger partial charge in [-0.3, -0.25) is 0 Å². The van der Waals surface area contributed by atoms with E-state index < -0.39 is 0 Å². The molecule has 4 nitrogen and oxygen atoms in total. The Morgan fingerprint density at radius 1 is 1.33 bits per heavy atom. The van der Waals surface area contributed by atoms with Gasteiger partial charge in [-0.25, -0.2) is 0 Å². The van der Waals surface area contributed by atoms with E-state index >= 15 is 0 Å². The van der Waals surface area contributed by atoms with Gasteiger partial charge in [0.1, 0.15) is 11.5 Å². The van der Waals surface area contributed by atoms with Crippen molar-refractivity contribution in [3.05, 3.63) is 23.8 Å². The topological polar surface area (TPSA) is 72.7 Å². The van der Waals surface area contributed by atoms with Crippen molar-refractivity contribution in [3.63, 3.8) is 0 Å². The van der Waals surface area contributed by atoms with Crippen LogP contribution in [0.15, 0.2) is 18.2 Å². The highest BCUT2D eigenvalue weighted by molar-refractivity contribution is 5.40. The van der Waals surface area contributed by atoms with E-state index in [4.69, 9.17) is 5.11 Å². The predicted octanol–water partition coefficient (Wildman–Crippen LogP) is 1.91. The Balaban J connectivity index is 1.93. The van der Waals surface area contributed by atoms with Gasteiger partial charge in [-0.2, -0.15) is 0 Å². The highest BCUT2D eigenvalue weighted by Gasteiger charge is 2.41. The number of phenols is 2. The molecular formula is C14H21NO3. The molecule has 1 saturated carbocycles. The van der Waals surface area contributed by atoms with Crippen LogP contribution in [0.4, 0.5) is 0 Å². The summed E-state index contributed by atoms with van der Waals surface area (Å²) in [5.74, 6) is 0.185. The van der Waals surface area contributed by atoms with Gasteiger partial charge in [-0.1, -0.05) is 6.07 Å². The van der Waals surface area contributed by atoms with Crippen LogP contribution in [0.2, 0.25) is 0 Å². The molecule has 1 aliphatic rings. The van der Waals surface area contributed by atoms with E-state index in [2.05, 4.69) is 5.32 Å². The summed E-state index contributed by atoms with van der Waals surface area (Å²) in [6.07, 6.45) is 3.16. The number of nitrogens with one attached hydrogen (secondary N) is 1. The zero-order chi connectivity index (χ0) is 13.2. The lowest BCUT2D eigenvalue weighted by Gasteiger charge is -2.20. The number of benzene rings is 1. The summed E-state index contributed by atoms with van der Waals surface area (Å²) in [7, 11) is 0. The monoisotopic (exact) mass is 251 g/mol. The average Bonchev–Trinajstić information content (AvgIpc) is 3.07. The lowest BCUT2D eigenvalue weighted by Crippen LogP contribution is -2.27. The molecule has 4 heteroatoms. The molecule has 0 bridgehead atoms. The van der Waals surface area contributed by atoms with Gasteiger partial charge in [-0.15, -0.1) is 0 Å². The molecule has 4 N–H and O–H groups in total. The molecule has 1 aliphatic carbocycles. The standard InChI is InChI=1S/C14H21NO3/c1-10(12-3-2-11(17)8-13(12)18)15-9-14(4-5-14)6-7-16/h2-3,8,10,15-18H,4-7,9H2,1H3. The number of rotatable bonds is 6. The molecule has 0 spiro atoms. The normalized spacial score (nSPS) is 18.6. The molecule has 0 heterocycles. The van der Waals surface area contributed by atoms with Gasteiger partial charge in [0.05, 0.1) is 0 Å². The molecule has 18 heavy (non-hydrogen) atoms. The highest BCUT2D eigenvalue weighted by Crippen LogP contribution is 2.48. The number of hydrogen-bond acceptors (Lipinski definition) is 4. The van der Waals surface area contributed by atoms with Crippen LogP contribution in [-0.2, 0) is 0 Å². The Morgan fingerprint density at radius 3 is 2.61 bits per heavy atom. The van der Waals surface area contributed by atoms with Crippen molar-refractivity contribution in [1.82, 2.24) is 5.32 Å². The Morgan fingerprint density at radius 2 is 2.06 bits per heavy atom. The van der Waals surface area contributed by atoms with Crippen molar-refractivity contribution in [2.24, 2.45) is 5.41 Å². The quantitative estimate of drug-likeness (QED) is 0.623. The van der Waals surface area contributed by atoms with Gasteiger partial charge in [0.15, 0.2) is 0 Å². The molecule has 1 atom stereocenters. The fourth-order valence-electron chi connectivity index (χ4n) is 2.31. The second-order valence-electron chi connectivity index (χ2n) is 5.32. The minimum atomic E-state index is 0.0294. The summed E-state index contributed by atoms with van der Waals surface area (Å²) < 4.78 is 0. The third-order valence-corrected chi connectivity index (χ3v) is 3.86. The summed E-state index contributed by atoms with van der Waals surface area (Å²) in [5, 5.41) is 31.4. The second-order valence-corrected chi connectivity index (χ2v) is 5.32. The number of aromatic hydroxyl groups is 2. The van der Waals surface area contributed by atoms with Crippen LogP contribution < -0.4 is 5.32 Å². The zero-order valence-corrected chi connectivity index (χ0v) is 10.7. The first-order valence-electron chi connectivity index (χ1n) is 6.42. The van der Waals surface area contributed by atoms with Crippen LogP contribution in [-0.4, -0.2) is 28.5 Å². The van der Waals surface area contributed by atoms with E-state index in [1.54, 1.807) is 12.1 Å². The maximum atomic E-state index is 9.77. The van der Waals surface area contributed by atoms with Crippen LogP contribution >= 0.6 is 0 Å². The third-order valence-electron chi connectivity index (χ3n) is 3.86. The molecule has 1 aromatic carbocycles. The Kier molecular flexibility index (Phi) is 3.78. The fraction of sp³-hybridized carbons (Fsp3) is 0.571. The van der Waals surface area contributed by atoms with Crippen molar-refractivity contribution >= 4 is 0 Å². The number of aliphatic hydroxyl groups is 1. The van der Waals surface area contributed by atoms with E-state index in [1.807, 2.05) is 6.92 Å². The molecule has 0 saturated heterocycles. The van der Waals surface area contributed by atoms with Crippen LogP contribution in [0.25, 0.3) is 0 Å². The van der Waals surface area contributed by atoms with Crippen molar-refractivity contribution in [2.75, 3.05) is 13.2 Å². The fourth-order valence-corrected chi connectivity index (χ4v) is 2.31. The highest BCUT2D eigenvalue weighted by atomic mass is 16.3. The third kappa shape index (κ3) is 2.94. The van der Waals surface area contributed by atoms with Gasteiger partial charge >= 0.3 is 0 Å². The molecule has 1 aromatic rings. The first kappa shape index (κ1) is 13.2. The molecule has 0 amide bonds. The summed E-state index contributed by atoms with van der Waals surface area (Å²) in [4.78, 5) is 0. The summed E-state index contributed by atoms with van der Waals surface area (Å²) in [6, 6.07) is 4.69. The lowest BCUT2D eigenvalue weighted by molar-refractivity contribution is 0.242. The van der Waals surface area contributed by atoms with Crippen LogP contribution in [0.5, 0.6) is 11.5 Å². The number of aliphatic hydroxyl groups excluding tert-OH is 1. The SMILES string of the molecule is CC(NCC1(CCO)CC1)c1ccc(O)cc1O. The number of hydrogen-bond donors (Lipinski definition) is 4. The largest absolute Gasteiger partial charge is 0.508 e. The first-order valence-corrected chi connectivity index (χ1v) is 6.42. The van der Waals surface area contributed by atoms with E-state index in [0.29, 0.717) is 0 Å². The molecule has 100 valence electrons.